The van der Waals surface area contributed by atoms with Gasteiger partial charge in [0.05, 0.1) is 50.3 Å². The molecule has 416 valence electrons. The fourth-order valence-corrected chi connectivity index (χ4v) is 7.60. The highest BCUT2D eigenvalue weighted by Crippen LogP contribution is 2.37. The summed E-state index contributed by atoms with van der Waals surface area (Å²) in [6.45, 7) is 15.0. The van der Waals surface area contributed by atoms with E-state index >= 15 is 0 Å². The van der Waals surface area contributed by atoms with E-state index < -0.39 is 103 Å². The number of carbonyl (C=O) groups is 9. The Morgan fingerprint density at radius 1 is 0.816 bits per heavy atom. The first kappa shape index (κ1) is 60.6. The lowest BCUT2D eigenvalue weighted by atomic mass is 9.97. The first-order valence-electron chi connectivity index (χ1n) is 23.9. The predicted molar refractivity (Wildman–Crippen MR) is 264 cm³/mol. The van der Waals surface area contributed by atoms with Gasteiger partial charge in [-0.15, -0.1) is 0 Å². The van der Waals surface area contributed by atoms with Gasteiger partial charge in [0.1, 0.15) is 24.6 Å². The number of hydrogen-bond donors (Lipinski definition) is 4. The van der Waals surface area contributed by atoms with Crippen molar-refractivity contribution in [2.24, 2.45) is 0 Å². The van der Waals surface area contributed by atoms with Crippen LogP contribution < -0.4 is 30.2 Å². The zero-order chi connectivity index (χ0) is 56.3. The average Bonchev–Trinajstić information content (AvgIpc) is 3.74. The van der Waals surface area contributed by atoms with Crippen LogP contribution in [0.4, 0.5) is 15.3 Å². The van der Waals surface area contributed by atoms with E-state index in [1.807, 2.05) is 0 Å². The summed E-state index contributed by atoms with van der Waals surface area (Å²) in [6, 6.07) is 6.00. The van der Waals surface area contributed by atoms with E-state index in [1.165, 1.54) is 48.4 Å². The number of aliphatic hydroxyl groups is 1. The number of aliphatic hydroxyl groups excluding tert-OH is 1. The van der Waals surface area contributed by atoms with E-state index in [2.05, 4.69) is 29.1 Å². The second-order valence-electron chi connectivity index (χ2n) is 18.1. The molecule has 0 unspecified atom stereocenters. The molecule has 2 fully saturated rings. The van der Waals surface area contributed by atoms with Crippen molar-refractivity contribution < 1.29 is 100 Å². The van der Waals surface area contributed by atoms with Gasteiger partial charge in [-0.3, -0.25) is 34.1 Å². The SMILES string of the molecule is C=CCOC(=O)CCCOc1cc(NC(=O)OCc2ccc(O[C@@H]3O[C@H](C(=O)OC)[C@@H](OC(C)=O)[C@H](OC(C)=O)[C@H]3OC(C)=O)c(C(=O)NCCCNC(=O)OC(C)(C)C)c2)c(C(=O)N2CC(=C)C[C@H]2CO)cc1OC. The van der Waals surface area contributed by atoms with Gasteiger partial charge < -0.3 is 72.7 Å². The van der Waals surface area contributed by atoms with Gasteiger partial charge in [-0.1, -0.05) is 30.9 Å². The predicted octanol–water partition coefficient (Wildman–Crippen LogP) is 3.81. The second-order valence-corrected chi connectivity index (χ2v) is 18.1. The molecule has 6 atom stereocenters. The van der Waals surface area contributed by atoms with Gasteiger partial charge in [0.25, 0.3) is 11.8 Å². The number of ether oxygens (including phenoxy) is 11. The van der Waals surface area contributed by atoms with Crippen molar-refractivity contribution in [1.82, 2.24) is 15.5 Å². The maximum atomic E-state index is 14.1. The van der Waals surface area contributed by atoms with Gasteiger partial charge in [-0.25, -0.2) is 14.4 Å². The van der Waals surface area contributed by atoms with Crippen molar-refractivity contribution in [2.45, 2.75) is 116 Å². The van der Waals surface area contributed by atoms with Crippen LogP contribution in [-0.4, -0.2) is 160 Å². The van der Waals surface area contributed by atoms with Gasteiger partial charge in [-0.2, -0.15) is 0 Å². The highest BCUT2D eigenvalue weighted by Gasteiger charge is 2.56. The lowest BCUT2D eigenvalue weighted by molar-refractivity contribution is -0.282. The molecule has 0 aliphatic carbocycles. The number of esters is 5. The Morgan fingerprint density at radius 2 is 1.49 bits per heavy atom. The Hall–Kier alpha value is -7.93. The molecule has 4 N–H and O–H groups in total. The van der Waals surface area contributed by atoms with Crippen LogP contribution in [0.25, 0.3) is 0 Å². The molecule has 2 heterocycles. The van der Waals surface area contributed by atoms with Crippen molar-refractivity contribution in [2.75, 3.05) is 59.0 Å². The quantitative estimate of drug-likeness (QED) is 0.0503. The van der Waals surface area contributed by atoms with Gasteiger partial charge in [0.2, 0.25) is 12.4 Å². The van der Waals surface area contributed by atoms with Crippen LogP contribution in [0.15, 0.2) is 55.1 Å². The molecule has 25 nitrogen and oxygen atoms in total. The van der Waals surface area contributed by atoms with E-state index in [4.69, 9.17) is 52.1 Å². The smallest absolute Gasteiger partial charge is 0.411 e. The largest absolute Gasteiger partial charge is 0.493 e. The third-order valence-corrected chi connectivity index (χ3v) is 10.8. The molecule has 25 heteroatoms. The summed E-state index contributed by atoms with van der Waals surface area (Å²) in [5, 5.41) is 17.9. The summed E-state index contributed by atoms with van der Waals surface area (Å²) in [4.78, 5) is 118. The maximum absolute atomic E-state index is 14.1. The monoisotopic (exact) mass is 1070 g/mol. The summed E-state index contributed by atoms with van der Waals surface area (Å²) in [5.41, 5.74) is -0.267. The number of carbonyl (C=O) groups excluding carboxylic acids is 9. The van der Waals surface area contributed by atoms with E-state index in [0.717, 1.165) is 27.9 Å². The normalized spacial score (nSPS) is 18.9. The average molecular weight is 1070 g/mol. The number of amides is 4. The van der Waals surface area contributed by atoms with Crippen LogP contribution in [0.2, 0.25) is 0 Å². The molecule has 2 aliphatic heterocycles. The molecule has 4 amide bonds. The summed E-state index contributed by atoms with van der Waals surface area (Å²) in [5.74, 6) is -5.85. The molecule has 0 radical (unpaired) electrons. The highest BCUT2D eigenvalue weighted by atomic mass is 16.7. The number of nitrogens with one attached hydrogen (secondary N) is 3. The minimum atomic E-state index is -1.86. The fourth-order valence-electron chi connectivity index (χ4n) is 7.60. The van der Waals surface area contributed by atoms with Crippen LogP contribution in [0.5, 0.6) is 17.2 Å². The number of anilines is 1. The fraction of sp³-hybridized carbons (Fsp3) is 0.510. The zero-order valence-corrected chi connectivity index (χ0v) is 43.7. The van der Waals surface area contributed by atoms with Crippen molar-refractivity contribution in [3.05, 3.63) is 71.8 Å². The van der Waals surface area contributed by atoms with Crippen LogP contribution in [0.3, 0.4) is 0 Å². The highest BCUT2D eigenvalue weighted by molar-refractivity contribution is 6.04. The number of nitrogens with zero attached hydrogens (tertiary/aromatic N) is 1. The number of benzene rings is 2. The third-order valence-electron chi connectivity index (χ3n) is 10.8. The first-order chi connectivity index (χ1) is 36.0. The number of hydrogen-bond acceptors (Lipinski definition) is 21. The van der Waals surface area contributed by atoms with Crippen LogP contribution in [0.1, 0.15) is 93.5 Å². The molecule has 0 bridgehead atoms. The molecule has 2 aromatic rings. The lowest BCUT2D eigenvalue weighted by Crippen LogP contribution is -2.64. The van der Waals surface area contributed by atoms with Gasteiger partial charge in [0, 0.05) is 52.9 Å². The van der Waals surface area contributed by atoms with Crippen LogP contribution in [0, 0.1) is 0 Å². The van der Waals surface area contributed by atoms with Gasteiger partial charge >= 0.3 is 42.0 Å². The molecule has 2 aliphatic rings. The first-order valence-corrected chi connectivity index (χ1v) is 23.9. The van der Waals surface area contributed by atoms with Crippen molar-refractivity contribution in [3.63, 3.8) is 0 Å². The number of rotatable bonds is 24. The zero-order valence-electron chi connectivity index (χ0n) is 43.7. The van der Waals surface area contributed by atoms with E-state index in [-0.39, 0.29) is 98.3 Å². The summed E-state index contributed by atoms with van der Waals surface area (Å²) in [6.07, 6.45) is -8.39. The Labute approximate surface area is 438 Å². The third kappa shape index (κ3) is 18.2. The molecule has 0 aromatic heterocycles. The lowest BCUT2D eigenvalue weighted by Gasteiger charge is -2.43. The Kier molecular flexibility index (Phi) is 22.9. The molecular formula is C51H66N4O21. The van der Waals surface area contributed by atoms with E-state index in [1.54, 1.807) is 20.8 Å². The molecule has 76 heavy (non-hydrogen) atoms. The molecule has 2 aromatic carbocycles. The number of alkyl carbamates (subject to hydrolysis) is 1. The molecule has 0 saturated carbocycles. The number of methoxy groups -OCH3 is 2. The van der Waals surface area contributed by atoms with Crippen molar-refractivity contribution in [1.29, 1.82) is 0 Å². The summed E-state index contributed by atoms with van der Waals surface area (Å²) in [7, 11) is 2.35. The van der Waals surface area contributed by atoms with Crippen molar-refractivity contribution in [3.8, 4) is 17.2 Å². The van der Waals surface area contributed by atoms with Crippen molar-refractivity contribution >= 4 is 59.5 Å². The maximum Gasteiger partial charge on any atom is 0.411 e. The standard InChI is InChI=1S/C51H66N4O21/c1-11-19-69-40(60)14-12-20-68-39-24-36(34(23-38(39)66-9)46(62)55-25-28(2)21-33(55)26-56)54-50(65)70-27-32-15-16-37(35(22-32)45(61)52-17-13-18-53-49(64)76-51(6,7)8)74-48-44(73-31(5)59)42(72-30(4)58)41(71-29(3)57)43(75-48)47(63)67-10/h11,15-16,22-24,33,41-44,48,56H,1-2,12-14,17-21,25-27H2,3-10H3,(H,52,61)(H,53,64)(H,54,65)/t33-,41-,42-,43-,44+,48+/m0/s1. The van der Waals surface area contributed by atoms with E-state index in [9.17, 15) is 48.3 Å². The Bertz CT molecular complexity index is 2470. The van der Waals surface area contributed by atoms with Crippen LogP contribution in [-0.2, 0) is 68.5 Å². The summed E-state index contributed by atoms with van der Waals surface area (Å²) >= 11 is 0. The minimum absolute atomic E-state index is 0.00142. The Balaban J connectivity index is 1.68. The molecule has 2 saturated heterocycles. The van der Waals surface area contributed by atoms with Gasteiger partial charge in [0.15, 0.2) is 29.8 Å². The Morgan fingerprint density at radius 3 is 2.12 bits per heavy atom. The van der Waals surface area contributed by atoms with Crippen LogP contribution >= 0.6 is 0 Å². The minimum Gasteiger partial charge on any atom is -0.493 e. The topological polar surface area (TPSA) is 315 Å². The molecule has 4 rings (SSSR count). The number of likely N-dealkylation sites (tertiary alicyclic amines) is 1. The molecular weight excluding hydrogens is 1000 g/mol. The van der Waals surface area contributed by atoms with E-state index in [0.29, 0.717) is 12.0 Å². The van der Waals surface area contributed by atoms with Gasteiger partial charge in [-0.05, 0) is 63.8 Å². The second kappa shape index (κ2) is 28.7. The molecule has 0 spiro atoms. The summed E-state index contributed by atoms with van der Waals surface area (Å²) < 4.78 is 60.5.